The highest BCUT2D eigenvalue weighted by atomic mass is 16.1. The number of carbonyl (C=O) groups is 1. The van der Waals surface area contributed by atoms with Crippen LogP contribution in [0, 0.1) is 5.92 Å². The van der Waals surface area contributed by atoms with Gasteiger partial charge in [0.2, 0.25) is 6.41 Å². The third kappa shape index (κ3) is 3.04. The van der Waals surface area contributed by atoms with Gasteiger partial charge < -0.3 is 14.7 Å². The first-order valence-corrected chi connectivity index (χ1v) is 7.21. The van der Waals surface area contributed by atoms with Crippen LogP contribution in [0.2, 0.25) is 0 Å². The van der Waals surface area contributed by atoms with Gasteiger partial charge in [-0.15, -0.1) is 0 Å². The number of hydrogen-bond donors (Lipinski definition) is 0. The molecule has 0 aromatic rings. The lowest BCUT2D eigenvalue weighted by Gasteiger charge is -2.41. The summed E-state index contributed by atoms with van der Waals surface area (Å²) in [6.45, 7) is 6.25. The summed E-state index contributed by atoms with van der Waals surface area (Å²) < 4.78 is 0. The van der Waals surface area contributed by atoms with Gasteiger partial charge in [-0.1, -0.05) is 13.3 Å². The van der Waals surface area contributed by atoms with Gasteiger partial charge in [-0.2, -0.15) is 0 Å². The van der Waals surface area contributed by atoms with E-state index in [1.54, 1.807) is 0 Å². The van der Waals surface area contributed by atoms with Crippen LogP contribution in [-0.2, 0) is 4.79 Å². The summed E-state index contributed by atoms with van der Waals surface area (Å²) in [5.74, 6) is 0.806. The van der Waals surface area contributed by atoms with Crippen LogP contribution >= 0.6 is 0 Å². The summed E-state index contributed by atoms with van der Waals surface area (Å²) >= 11 is 0. The Morgan fingerprint density at radius 2 is 2.11 bits per heavy atom. The van der Waals surface area contributed by atoms with E-state index < -0.39 is 0 Å². The molecule has 2 aliphatic rings. The fraction of sp³-hybridized carbons (Fsp3) is 0.929. The average Bonchev–Trinajstić information content (AvgIpc) is 2.76. The van der Waals surface area contributed by atoms with E-state index in [9.17, 15) is 4.79 Å². The molecule has 0 aromatic carbocycles. The molecular formula is C14H27N3O. The van der Waals surface area contributed by atoms with Crippen LogP contribution in [0.5, 0.6) is 0 Å². The maximum atomic E-state index is 11.1. The predicted octanol–water partition coefficient (Wildman–Crippen LogP) is 0.879. The fourth-order valence-electron chi connectivity index (χ4n) is 3.57. The lowest BCUT2D eigenvalue weighted by Crippen LogP contribution is -2.56. The standard InChI is InChI=1S/C14H27N3O/c1-12-5-4-6-14(12)16(3)10-13-9-15(2)7-8-17(13)11-18/h11-14H,4-10H2,1-3H3. The van der Waals surface area contributed by atoms with E-state index in [1.807, 2.05) is 4.90 Å². The Balaban J connectivity index is 1.91. The predicted molar refractivity (Wildman–Crippen MR) is 73.5 cm³/mol. The quantitative estimate of drug-likeness (QED) is 0.696. The Morgan fingerprint density at radius 3 is 2.72 bits per heavy atom. The van der Waals surface area contributed by atoms with E-state index in [0.29, 0.717) is 12.1 Å². The minimum absolute atomic E-state index is 0.360. The summed E-state index contributed by atoms with van der Waals surface area (Å²) in [6.07, 6.45) is 5.07. The second kappa shape index (κ2) is 6.02. The van der Waals surface area contributed by atoms with Gasteiger partial charge in [-0.05, 0) is 32.9 Å². The zero-order valence-corrected chi connectivity index (χ0v) is 12.0. The number of carbonyl (C=O) groups excluding carboxylic acids is 1. The van der Waals surface area contributed by atoms with Crippen molar-refractivity contribution in [2.75, 3.05) is 40.3 Å². The number of rotatable bonds is 4. The monoisotopic (exact) mass is 253 g/mol. The third-order valence-electron chi connectivity index (χ3n) is 4.75. The Bertz CT molecular complexity index is 284. The molecule has 0 aromatic heterocycles. The Hall–Kier alpha value is -0.610. The van der Waals surface area contributed by atoms with Gasteiger partial charge in [0.15, 0.2) is 0 Å². The molecule has 1 aliphatic carbocycles. The number of likely N-dealkylation sites (N-methyl/N-ethyl adjacent to an activating group) is 2. The second-order valence-electron chi connectivity index (χ2n) is 6.17. The maximum absolute atomic E-state index is 11.1. The number of hydrogen-bond acceptors (Lipinski definition) is 3. The van der Waals surface area contributed by atoms with E-state index in [-0.39, 0.29) is 0 Å². The highest BCUT2D eigenvalue weighted by molar-refractivity contribution is 5.48. The molecule has 0 spiro atoms. The average molecular weight is 253 g/mol. The molecule has 1 saturated carbocycles. The van der Waals surface area contributed by atoms with Crippen LogP contribution < -0.4 is 0 Å². The van der Waals surface area contributed by atoms with Crippen LogP contribution in [0.3, 0.4) is 0 Å². The Labute approximate surface area is 111 Å². The molecule has 104 valence electrons. The molecule has 18 heavy (non-hydrogen) atoms. The van der Waals surface area contributed by atoms with Crippen molar-refractivity contribution in [2.24, 2.45) is 5.92 Å². The third-order valence-corrected chi connectivity index (χ3v) is 4.75. The van der Waals surface area contributed by atoms with Crippen molar-refractivity contribution in [3.8, 4) is 0 Å². The van der Waals surface area contributed by atoms with Crippen molar-refractivity contribution in [2.45, 2.75) is 38.3 Å². The zero-order chi connectivity index (χ0) is 13.1. The molecule has 4 heteroatoms. The van der Waals surface area contributed by atoms with Gasteiger partial charge in [0.25, 0.3) is 0 Å². The van der Waals surface area contributed by atoms with E-state index in [0.717, 1.165) is 38.5 Å². The van der Waals surface area contributed by atoms with Gasteiger partial charge in [0, 0.05) is 32.2 Å². The van der Waals surface area contributed by atoms with Gasteiger partial charge in [-0.3, -0.25) is 4.79 Å². The van der Waals surface area contributed by atoms with Crippen LogP contribution in [0.4, 0.5) is 0 Å². The molecule has 0 N–H and O–H groups in total. The fourth-order valence-corrected chi connectivity index (χ4v) is 3.57. The molecule has 3 atom stereocenters. The largest absolute Gasteiger partial charge is 0.338 e. The summed E-state index contributed by atoms with van der Waals surface area (Å²) in [7, 11) is 4.37. The Morgan fingerprint density at radius 1 is 1.33 bits per heavy atom. The molecule has 0 bridgehead atoms. The van der Waals surface area contributed by atoms with E-state index in [2.05, 4.69) is 30.8 Å². The van der Waals surface area contributed by atoms with Crippen molar-refractivity contribution in [3.63, 3.8) is 0 Å². The zero-order valence-electron chi connectivity index (χ0n) is 12.0. The van der Waals surface area contributed by atoms with E-state index in [1.165, 1.54) is 19.3 Å². The number of piperazine rings is 1. The smallest absolute Gasteiger partial charge is 0.210 e. The van der Waals surface area contributed by atoms with Crippen LogP contribution in [0.15, 0.2) is 0 Å². The Kier molecular flexibility index (Phi) is 4.62. The first-order chi connectivity index (χ1) is 8.61. The molecule has 1 heterocycles. The van der Waals surface area contributed by atoms with Gasteiger partial charge in [0.1, 0.15) is 0 Å². The van der Waals surface area contributed by atoms with Crippen LogP contribution in [-0.4, -0.2) is 73.5 Å². The lowest BCUT2D eigenvalue weighted by atomic mass is 10.0. The number of amides is 1. The lowest BCUT2D eigenvalue weighted by molar-refractivity contribution is -0.123. The van der Waals surface area contributed by atoms with E-state index in [4.69, 9.17) is 0 Å². The molecule has 1 saturated heterocycles. The summed E-state index contributed by atoms with van der Waals surface area (Å²) in [4.78, 5) is 17.9. The van der Waals surface area contributed by atoms with Crippen molar-refractivity contribution in [1.29, 1.82) is 0 Å². The highest BCUT2D eigenvalue weighted by Gasteiger charge is 2.31. The molecule has 2 rings (SSSR count). The van der Waals surface area contributed by atoms with Crippen molar-refractivity contribution in [3.05, 3.63) is 0 Å². The van der Waals surface area contributed by atoms with Crippen molar-refractivity contribution < 1.29 is 4.79 Å². The molecule has 3 unspecified atom stereocenters. The molecule has 0 radical (unpaired) electrons. The summed E-state index contributed by atoms with van der Waals surface area (Å²) in [5, 5.41) is 0. The van der Waals surface area contributed by atoms with Crippen molar-refractivity contribution in [1.82, 2.24) is 14.7 Å². The van der Waals surface area contributed by atoms with Gasteiger partial charge in [0.05, 0.1) is 6.04 Å². The SMILES string of the molecule is CC1CCCC1N(C)CC1CN(C)CCN1C=O. The van der Waals surface area contributed by atoms with Crippen molar-refractivity contribution >= 4 is 6.41 Å². The van der Waals surface area contributed by atoms with Crippen LogP contribution in [0.25, 0.3) is 0 Å². The minimum Gasteiger partial charge on any atom is -0.338 e. The first kappa shape index (κ1) is 13.8. The second-order valence-corrected chi connectivity index (χ2v) is 6.17. The van der Waals surface area contributed by atoms with E-state index >= 15 is 0 Å². The van der Waals surface area contributed by atoms with Crippen LogP contribution in [0.1, 0.15) is 26.2 Å². The normalized spacial score (nSPS) is 34.2. The minimum atomic E-state index is 0.360. The van der Waals surface area contributed by atoms with Gasteiger partial charge >= 0.3 is 0 Å². The molecular weight excluding hydrogens is 226 g/mol. The summed E-state index contributed by atoms with van der Waals surface area (Å²) in [6, 6.07) is 1.07. The highest BCUT2D eigenvalue weighted by Crippen LogP contribution is 2.29. The molecule has 4 nitrogen and oxygen atoms in total. The molecule has 2 fully saturated rings. The molecule has 1 amide bonds. The number of nitrogens with zero attached hydrogens (tertiary/aromatic N) is 3. The summed E-state index contributed by atoms with van der Waals surface area (Å²) in [5.41, 5.74) is 0. The molecule has 1 aliphatic heterocycles. The maximum Gasteiger partial charge on any atom is 0.210 e. The topological polar surface area (TPSA) is 26.8 Å². The van der Waals surface area contributed by atoms with Gasteiger partial charge in [-0.25, -0.2) is 0 Å². The first-order valence-electron chi connectivity index (χ1n) is 7.21.